The molecule has 3 unspecified atom stereocenters. The lowest BCUT2D eigenvalue weighted by molar-refractivity contribution is -0.234. The van der Waals surface area contributed by atoms with Gasteiger partial charge in [-0.05, 0) is 26.2 Å². The summed E-state index contributed by atoms with van der Waals surface area (Å²) in [6.07, 6.45) is 1.89. The second kappa shape index (κ2) is 3.19. The summed E-state index contributed by atoms with van der Waals surface area (Å²) < 4.78 is 23.2. The van der Waals surface area contributed by atoms with Gasteiger partial charge in [0.2, 0.25) is 0 Å². The highest BCUT2D eigenvalue weighted by atomic mass is 16.8. The quantitative estimate of drug-likeness (QED) is 0.720. The molecule has 0 amide bonds. The number of ether oxygens (including phenoxy) is 4. The van der Waals surface area contributed by atoms with E-state index in [1.54, 1.807) is 7.11 Å². The maximum Gasteiger partial charge on any atom is 0.186 e. The molecule has 0 bridgehead atoms. The van der Waals surface area contributed by atoms with Crippen LogP contribution in [0.5, 0.6) is 0 Å². The molecular formula is C12H20O4. The van der Waals surface area contributed by atoms with Crippen molar-refractivity contribution in [1.29, 1.82) is 0 Å². The van der Waals surface area contributed by atoms with Crippen LogP contribution in [0.4, 0.5) is 0 Å². The molecule has 4 heteroatoms. The second-order valence-electron chi connectivity index (χ2n) is 5.51. The van der Waals surface area contributed by atoms with E-state index in [-0.39, 0.29) is 24.1 Å². The molecule has 3 fully saturated rings. The van der Waals surface area contributed by atoms with E-state index in [9.17, 15) is 0 Å². The average molecular weight is 228 g/mol. The highest BCUT2D eigenvalue weighted by molar-refractivity contribution is 5.18. The zero-order valence-electron chi connectivity index (χ0n) is 10.4. The van der Waals surface area contributed by atoms with Crippen molar-refractivity contribution in [3.63, 3.8) is 0 Å². The minimum absolute atomic E-state index is 0.0393. The first-order chi connectivity index (χ1) is 7.52. The molecule has 1 aliphatic carbocycles. The van der Waals surface area contributed by atoms with Gasteiger partial charge in [0.1, 0.15) is 17.8 Å². The van der Waals surface area contributed by atoms with Crippen LogP contribution in [0.15, 0.2) is 0 Å². The molecule has 0 N–H and O–H groups in total. The Bertz CT molecular complexity index is 303. The average Bonchev–Trinajstić information content (AvgIpc) is 2.75. The lowest BCUT2D eigenvalue weighted by atomic mass is 10.1. The highest BCUT2D eigenvalue weighted by Gasteiger charge is 2.72. The van der Waals surface area contributed by atoms with Crippen molar-refractivity contribution in [3.05, 3.63) is 0 Å². The van der Waals surface area contributed by atoms with E-state index in [4.69, 9.17) is 18.9 Å². The largest absolute Gasteiger partial charge is 0.353 e. The molecule has 3 aliphatic rings. The van der Waals surface area contributed by atoms with Crippen molar-refractivity contribution < 1.29 is 18.9 Å². The molecule has 92 valence electrons. The van der Waals surface area contributed by atoms with E-state index in [1.807, 2.05) is 13.8 Å². The zero-order chi connectivity index (χ0) is 11.6. The van der Waals surface area contributed by atoms with Crippen LogP contribution in [-0.4, -0.2) is 37.0 Å². The Morgan fingerprint density at radius 1 is 1.25 bits per heavy atom. The fourth-order valence-electron chi connectivity index (χ4n) is 3.21. The normalized spacial score (nSPS) is 53.2. The summed E-state index contributed by atoms with van der Waals surface area (Å²) in [5.41, 5.74) is -0.131. The summed E-state index contributed by atoms with van der Waals surface area (Å²) in [5, 5.41) is 0. The smallest absolute Gasteiger partial charge is 0.186 e. The van der Waals surface area contributed by atoms with Gasteiger partial charge >= 0.3 is 0 Å². The molecule has 2 heterocycles. The minimum atomic E-state index is -0.510. The first-order valence-corrected chi connectivity index (χ1v) is 6.08. The van der Waals surface area contributed by atoms with Gasteiger partial charge in [0.15, 0.2) is 12.1 Å². The number of fused-ring (bicyclic) bond motifs is 2. The molecule has 2 saturated heterocycles. The van der Waals surface area contributed by atoms with Gasteiger partial charge in [-0.1, -0.05) is 13.3 Å². The summed E-state index contributed by atoms with van der Waals surface area (Å²) in [5.74, 6) is 0.0849. The number of methoxy groups -OCH3 is 1. The first kappa shape index (κ1) is 11.0. The summed E-state index contributed by atoms with van der Waals surface area (Å²) in [4.78, 5) is 0. The van der Waals surface area contributed by atoms with E-state index >= 15 is 0 Å². The van der Waals surface area contributed by atoms with Crippen molar-refractivity contribution in [2.24, 2.45) is 5.92 Å². The van der Waals surface area contributed by atoms with Gasteiger partial charge in [0.05, 0.1) is 0 Å². The summed E-state index contributed by atoms with van der Waals surface area (Å²) in [7, 11) is 1.67. The lowest BCUT2D eigenvalue weighted by Gasteiger charge is -2.24. The SMILES string of the molecule is CCC1C[C@]12OC(OC)[C@H]1OC(C)(C)OC12. The van der Waals surface area contributed by atoms with Gasteiger partial charge in [-0.2, -0.15) is 0 Å². The Morgan fingerprint density at radius 3 is 2.56 bits per heavy atom. The zero-order valence-corrected chi connectivity index (χ0v) is 10.4. The summed E-state index contributed by atoms with van der Waals surface area (Å²) >= 11 is 0. The molecule has 0 aromatic carbocycles. The fourth-order valence-corrected chi connectivity index (χ4v) is 3.21. The molecule has 3 rings (SSSR count). The molecular weight excluding hydrogens is 208 g/mol. The Kier molecular flexibility index (Phi) is 2.19. The Labute approximate surface area is 96.2 Å². The standard InChI is InChI=1S/C12H20O4/c1-5-7-6-12(7)9-8(10(13-4)16-12)14-11(2,3)15-9/h7-10H,5-6H2,1-4H3/t7?,8-,9?,10?,12-/m0/s1. The number of rotatable bonds is 2. The Morgan fingerprint density at radius 2 is 2.00 bits per heavy atom. The maximum atomic E-state index is 6.00. The van der Waals surface area contributed by atoms with Crippen LogP contribution in [0.25, 0.3) is 0 Å². The fraction of sp³-hybridized carbons (Fsp3) is 1.00. The third-order valence-electron chi connectivity index (χ3n) is 4.04. The van der Waals surface area contributed by atoms with Crippen LogP contribution in [0.2, 0.25) is 0 Å². The summed E-state index contributed by atoms with van der Waals surface area (Å²) in [6.45, 7) is 6.10. The third kappa shape index (κ3) is 1.30. The van der Waals surface area contributed by atoms with Gasteiger partial charge in [-0.25, -0.2) is 0 Å². The molecule has 16 heavy (non-hydrogen) atoms. The van der Waals surface area contributed by atoms with Gasteiger partial charge in [-0.15, -0.1) is 0 Å². The van der Waals surface area contributed by atoms with Gasteiger partial charge < -0.3 is 18.9 Å². The molecule has 0 aromatic heterocycles. The predicted octanol–water partition coefficient (Wildman–Crippen LogP) is 1.68. The van der Waals surface area contributed by atoms with Crippen LogP contribution < -0.4 is 0 Å². The highest BCUT2D eigenvalue weighted by Crippen LogP contribution is 2.61. The topological polar surface area (TPSA) is 36.9 Å². The van der Waals surface area contributed by atoms with E-state index in [0.29, 0.717) is 5.92 Å². The van der Waals surface area contributed by atoms with Crippen molar-refractivity contribution in [1.82, 2.24) is 0 Å². The molecule has 1 spiro atoms. The Balaban J connectivity index is 1.85. The predicted molar refractivity (Wildman–Crippen MR) is 56.8 cm³/mol. The van der Waals surface area contributed by atoms with Gasteiger partial charge in [-0.3, -0.25) is 0 Å². The van der Waals surface area contributed by atoms with Crippen LogP contribution in [0.1, 0.15) is 33.6 Å². The molecule has 4 nitrogen and oxygen atoms in total. The van der Waals surface area contributed by atoms with E-state index in [2.05, 4.69) is 6.92 Å². The molecule has 2 aliphatic heterocycles. The van der Waals surface area contributed by atoms with Crippen LogP contribution >= 0.6 is 0 Å². The second-order valence-corrected chi connectivity index (χ2v) is 5.51. The maximum absolute atomic E-state index is 6.00. The van der Waals surface area contributed by atoms with Crippen molar-refractivity contribution >= 4 is 0 Å². The monoisotopic (exact) mass is 228 g/mol. The minimum Gasteiger partial charge on any atom is -0.353 e. The van der Waals surface area contributed by atoms with Crippen LogP contribution in [0, 0.1) is 5.92 Å². The molecule has 0 aromatic rings. The van der Waals surface area contributed by atoms with E-state index in [0.717, 1.165) is 12.8 Å². The van der Waals surface area contributed by atoms with E-state index < -0.39 is 5.79 Å². The lowest BCUT2D eigenvalue weighted by Crippen LogP contribution is -2.32. The third-order valence-corrected chi connectivity index (χ3v) is 4.04. The molecule has 1 saturated carbocycles. The number of hydrogen-bond acceptors (Lipinski definition) is 4. The number of hydrogen-bond donors (Lipinski definition) is 0. The van der Waals surface area contributed by atoms with Gasteiger partial charge in [0.25, 0.3) is 0 Å². The van der Waals surface area contributed by atoms with Crippen LogP contribution in [0.3, 0.4) is 0 Å². The van der Waals surface area contributed by atoms with Gasteiger partial charge in [0, 0.05) is 7.11 Å². The Hall–Kier alpha value is -0.160. The van der Waals surface area contributed by atoms with Crippen molar-refractivity contribution in [2.75, 3.05) is 7.11 Å². The van der Waals surface area contributed by atoms with Crippen molar-refractivity contribution in [2.45, 2.75) is 63.5 Å². The van der Waals surface area contributed by atoms with Crippen molar-refractivity contribution in [3.8, 4) is 0 Å². The van der Waals surface area contributed by atoms with E-state index in [1.165, 1.54) is 0 Å². The van der Waals surface area contributed by atoms with Crippen LogP contribution in [-0.2, 0) is 18.9 Å². The first-order valence-electron chi connectivity index (χ1n) is 6.08. The summed E-state index contributed by atoms with van der Waals surface area (Å²) in [6, 6.07) is 0. The molecule has 0 radical (unpaired) electrons. The molecule has 5 atom stereocenters.